The molecule has 3 N–H and O–H groups in total. The Labute approximate surface area is 176 Å². The van der Waals surface area contributed by atoms with Gasteiger partial charge < -0.3 is 4.90 Å². The molecule has 0 spiro atoms. The maximum atomic E-state index is 4.77. The van der Waals surface area contributed by atoms with Gasteiger partial charge in [-0.05, 0) is 17.7 Å². The van der Waals surface area contributed by atoms with Crippen molar-refractivity contribution >= 4 is 29.3 Å². The lowest BCUT2D eigenvalue weighted by atomic mass is 10.1. The van der Waals surface area contributed by atoms with E-state index in [-0.39, 0.29) is 0 Å². The van der Waals surface area contributed by atoms with Gasteiger partial charge in [-0.15, -0.1) is 0 Å². The zero-order chi connectivity index (χ0) is 20.8. The topological polar surface area (TPSA) is 64.0 Å². The minimum absolute atomic E-state index is 0.523. The van der Waals surface area contributed by atoms with Crippen molar-refractivity contribution in [3.8, 4) is 0 Å². The van der Waals surface area contributed by atoms with Crippen molar-refractivity contribution in [1.82, 2.24) is 16.3 Å². The summed E-state index contributed by atoms with van der Waals surface area (Å²) in [4.78, 5) is 6.83. The Hall–Kier alpha value is -4.06. The maximum Gasteiger partial charge on any atom is 0.236 e. The third-order valence-corrected chi connectivity index (χ3v) is 4.67. The van der Waals surface area contributed by atoms with Gasteiger partial charge >= 0.3 is 0 Å². The zero-order valence-electron chi connectivity index (χ0n) is 17.0. The summed E-state index contributed by atoms with van der Waals surface area (Å²) in [5.74, 6) is 0.523. The number of hydrazine groups is 1. The molecule has 0 aliphatic carbocycles. The third kappa shape index (κ3) is 4.50. The molecule has 0 bridgehead atoms. The van der Waals surface area contributed by atoms with Crippen molar-refractivity contribution in [3.63, 3.8) is 0 Å². The van der Waals surface area contributed by atoms with Crippen LogP contribution in [0.1, 0.15) is 16.7 Å². The molecule has 3 aromatic rings. The molecule has 0 amide bonds. The van der Waals surface area contributed by atoms with Gasteiger partial charge in [0.1, 0.15) is 0 Å². The first kappa shape index (κ1) is 19.3. The minimum Gasteiger partial charge on any atom is -0.378 e. The fraction of sp³-hybridized carbons (Fsp3) is 0.0833. The quantitative estimate of drug-likeness (QED) is 0.455. The first-order valence-corrected chi connectivity index (χ1v) is 9.73. The number of hydrogen-bond acceptors (Lipinski definition) is 6. The highest BCUT2D eigenvalue weighted by Crippen LogP contribution is 2.26. The van der Waals surface area contributed by atoms with E-state index in [2.05, 4.69) is 50.5 Å². The number of rotatable bonds is 5. The fourth-order valence-electron chi connectivity index (χ4n) is 3.07. The van der Waals surface area contributed by atoms with Gasteiger partial charge in [-0.3, -0.25) is 10.9 Å². The smallest absolute Gasteiger partial charge is 0.236 e. The molecule has 1 aliphatic heterocycles. The second kappa shape index (κ2) is 8.96. The van der Waals surface area contributed by atoms with E-state index < -0.39 is 0 Å². The van der Waals surface area contributed by atoms with Crippen LogP contribution in [0.3, 0.4) is 0 Å². The summed E-state index contributed by atoms with van der Waals surface area (Å²) in [6.45, 7) is 0. The first-order valence-electron chi connectivity index (χ1n) is 9.73. The number of guanidine groups is 1. The van der Waals surface area contributed by atoms with Crippen LogP contribution in [0.25, 0.3) is 11.4 Å². The molecule has 150 valence electrons. The average molecular weight is 396 g/mol. The van der Waals surface area contributed by atoms with Crippen LogP contribution in [0.2, 0.25) is 0 Å². The Kier molecular flexibility index (Phi) is 5.75. The van der Waals surface area contributed by atoms with Crippen LogP contribution in [-0.2, 0) is 0 Å². The molecule has 0 saturated heterocycles. The minimum atomic E-state index is 0.523. The highest BCUT2D eigenvalue weighted by atomic mass is 15.5. The van der Waals surface area contributed by atoms with Gasteiger partial charge in [0.15, 0.2) is 0 Å². The molecule has 1 heterocycles. The van der Waals surface area contributed by atoms with E-state index in [1.165, 1.54) is 0 Å². The Bertz CT molecular complexity index is 1070. The largest absolute Gasteiger partial charge is 0.378 e. The molecule has 0 atom stereocenters. The van der Waals surface area contributed by atoms with Crippen LogP contribution >= 0.6 is 0 Å². The van der Waals surface area contributed by atoms with Crippen LogP contribution in [0.4, 0.5) is 5.69 Å². The molecular weight excluding hydrogens is 372 g/mol. The van der Waals surface area contributed by atoms with E-state index in [1.54, 1.807) is 6.21 Å². The number of aliphatic imine (C=N–C) groups is 1. The monoisotopic (exact) mass is 396 g/mol. The van der Waals surface area contributed by atoms with Crippen LogP contribution in [0.5, 0.6) is 0 Å². The van der Waals surface area contributed by atoms with Crippen LogP contribution in [0.15, 0.2) is 95.0 Å². The number of hydrazone groups is 1. The molecule has 0 saturated carbocycles. The van der Waals surface area contributed by atoms with Crippen LogP contribution in [-0.4, -0.2) is 26.3 Å². The molecule has 0 fully saturated rings. The Morgan fingerprint density at radius 2 is 1.43 bits per heavy atom. The molecule has 6 nitrogen and oxygen atoms in total. The summed E-state index contributed by atoms with van der Waals surface area (Å²) in [5, 5.41) is 4.32. The van der Waals surface area contributed by atoms with Gasteiger partial charge in [0, 0.05) is 30.9 Å². The lowest BCUT2D eigenvalue weighted by Gasteiger charge is -2.22. The Morgan fingerprint density at radius 3 is 2.07 bits per heavy atom. The summed E-state index contributed by atoms with van der Waals surface area (Å²) in [6, 6.07) is 28.4. The van der Waals surface area contributed by atoms with E-state index in [4.69, 9.17) is 4.99 Å². The molecule has 6 heteroatoms. The molecular formula is C24H24N6. The second-order valence-electron chi connectivity index (χ2n) is 7.02. The normalized spacial score (nSPS) is 13.5. The van der Waals surface area contributed by atoms with E-state index >= 15 is 0 Å². The number of nitrogens with one attached hydrogen (secondary N) is 3. The van der Waals surface area contributed by atoms with Crippen molar-refractivity contribution in [2.45, 2.75) is 0 Å². The third-order valence-electron chi connectivity index (χ3n) is 4.67. The van der Waals surface area contributed by atoms with E-state index in [9.17, 15) is 0 Å². The molecule has 0 unspecified atom stereocenters. The van der Waals surface area contributed by atoms with Gasteiger partial charge in [-0.2, -0.15) is 5.10 Å². The van der Waals surface area contributed by atoms with Gasteiger partial charge in [-0.25, -0.2) is 10.4 Å². The SMILES string of the molecule is CN(C)c1ccc(/C=N\NC2=NC(c3ccccc3)=C(c3ccccc3)NN2)cc1. The van der Waals surface area contributed by atoms with Crippen molar-refractivity contribution < 1.29 is 0 Å². The molecule has 30 heavy (non-hydrogen) atoms. The standard InChI is InChI=1S/C24H24N6/c1-30(2)21-15-13-18(14-16-21)17-25-28-24-26-22(19-9-5-3-6-10-19)23(27-29-24)20-11-7-4-8-12-20/h3-17,27H,1-2H3,(H2,26,28,29)/b25-17-. The molecule has 1 aliphatic rings. The summed E-state index contributed by atoms with van der Waals surface area (Å²) < 4.78 is 0. The van der Waals surface area contributed by atoms with Gasteiger partial charge in [-0.1, -0.05) is 72.8 Å². The van der Waals surface area contributed by atoms with Crippen molar-refractivity contribution in [2.24, 2.45) is 10.1 Å². The lowest BCUT2D eigenvalue weighted by molar-refractivity contribution is 0.779. The van der Waals surface area contributed by atoms with Gasteiger partial charge in [0.25, 0.3) is 0 Å². The summed E-state index contributed by atoms with van der Waals surface area (Å²) in [7, 11) is 4.04. The van der Waals surface area contributed by atoms with Crippen LogP contribution in [0, 0.1) is 0 Å². The molecule has 3 aromatic carbocycles. The predicted octanol–water partition coefficient (Wildman–Crippen LogP) is 3.67. The molecule has 0 aromatic heterocycles. The maximum absolute atomic E-state index is 4.77. The highest BCUT2D eigenvalue weighted by Gasteiger charge is 2.17. The lowest BCUT2D eigenvalue weighted by Crippen LogP contribution is -2.45. The van der Waals surface area contributed by atoms with Crippen LogP contribution < -0.4 is 21.2 Å². The fourth-order valence-corrected chi connectivity index (χ4v) is 3.07. The first-order chi connectivity index (χ1) is 14.7. The summed E-state index contributed by atoms with van der Waals surface area (Å²) in [5.41, 5.74) is 15.3. The van der Waals surface area contributed by atoms with Gasteiger partial charge in [0.05, 0.1) is 17.6 Å². The average Bonchev–Trinajstić information content (AvgIpc) is 2.80. The predicted molar refractivity (Wildman–Crippen MR) is 125 cm³/mol. The number of benzene rings is 3. The number of nitrogens with zero attached hydrogens (tertiary/aromatic N) is 3. The highest BCUT2D eigenvalue weighted by molar-refractivity contribution is 5.99. The van der Waals surface area contributed by atoms with Crippen molar-refractivity contribution in [3.05, 3.63) is 102 Å². The second-order valence-corrected chi connectivity index (χ2v) is 7.02. The number of hydrogen-bond donors (Lipinski definition) is 3. The summed E-state index contributed by atoms with van der Waals surface area (Å²) in [6.07, 6.45) is 1.77. The van der Waals surface area contributed by atoms with E-state index in [0.29, 0.717) is 5.96 Å². The summed E-state index contributed by atoms with van der Waals surface area (Å²) >= 11 is 0. The Balaban J connectivity index is 1.57. The van der Waals surface area contributed by atoms with E-state index in [1.807, 2.05) is 74.8 Å². The zero-order valence-corrected chi connectivity index (χ0v) is 17.0. The van der Waals surface area contributed by atoms with E-state index in [0.717, 1.165) is 33.8 Å². The Morgan fingerprint density at radius 1 is 0.800 bits per heavy atom. The van der Waals surface area contributed by atoms with Crippen molar-refractivity contribution in [2.75, 3.05) is 19.0 Å². The molecule has 4 rings (SSSR count). The van der Waals surface area contributed by atoms with Crippen molar-refractivity contribution in [1.29, 1.82) is 0 Å². The number of anilines is 1. The van der Waals surface area contributed by atoms with Gasteiger partial charge in [0.2, 0.25) is 5.96 Å². The molecule has 0 radical (unpaired) electrons.